The maximum Gasteiger partial charge on any atom is 0.460 e. The van der Waals surface area contributed by atoms with Crippen LogP contribution in [0.25, 0.3) is 0 Å². The van der Waals surface area contributed by atoms with E-state index < -0.39 is 78.6 Å². The Bertz CT molecular complexity index is 892. The van der Waals surface area contributed by atoms with E-state index in [0.29, 0.717) is 0 Å². The Morgan fingerprint density at radius 3 is 0.564 bits per heavy atom. The molecule has 0 radical (unpaired) electrons. The van der Waals surface area contributed by atoms with Gasteiger partial charge in [-0.25, -0.2) is 0 Å². The Morgan fingerprint density at radius 1 is 0.256 bits per heavy atom. The number of methoxy groups -OCH3 is 1. The molecule has 0 spiro atoms. The number of hydrogen-bond acceptors (Lipinski definition) is 1. The number of rotatable bonds is 11. The summed E-state index contributed by atoms with van der Waals surface area (Å²) in [7, 11) is -0.789. The van der Waals surface area contributed by atoms with Crippen LogP contribution >= 0.6 is 0 Å². The molecule has 0 heterocycles. The third-order valence-corrected chi connectivity index (χ3v) is 4.53. The van der Waals surface area contributed by atoms with Crippen molar-refractivity contribution in [2.45, 2.75) is 71.5 Å². The number of alkyl halides is 25. The highest BCUT2D eigenvalue weighted by Gasteiger charge is 2.99. The Morgan fingerprint density at radius 2 is 0.410 bits per heavy atom. The molecule has 0 aromatic heterocycles. The van der Waals surface area contributed by atoms with E-state index >= 15 is 0 Å². The zero-order valence-electron chi connectivity index (χ0n) is 16.9. The van der Waals surface area contributed by atoms with Gasteiger partial charge in [0.25, 0.3) is 0 Å². The molecule has 26 heteroatoms. The first kappa shape index (κ1) is 37.2. The second-order valence-electron chi connectivity index (χ2n) is 6.96. The maximum atomic E-state index is 13.5. The van der Waals surface area contributed by atoms with Crippen molar-refractivity contribution in [3.05, 3.63) is 0 Å². The standard InChI is InChI=1S/C13H3F25O/c1-39-13(37,38)11(32,33)9(28,29)7(24,25)5(20,21)3(16,17)2(14,15)4(18,19)6(22,23)8(26,27)10(30,31)12(34,35)36/h1H3. The lowest BCUT2D eigenvalue weighted by atomic mass is 9.85. The van der Waals surface area contributed by atoms with Crippen LogP contribution < -0.4 is 0 Å². The Balaban J connectivity index is 7.31. The maximum absolute atomic E-state index is 13.5. The van der Waals surface area contributed by atoms with E-state index in [1.165, 1.54) is 0 Å². The van der Waals surface area contributed by atoms with Gasteiger partial charge in [0.05, 0.1) is 0 Å². The largest absolute Gasteiger partial charge is 0.460 e. The molecule has 39 heavy (non-hydrogen) atoms. The molecule has 0 aliphatic heterocycles. The molecule has 0 aromatic rings. The summed E-state index contributed by atoms with van der Waals surface area (Å²) < 4.78 is 328. The predicted octanol–water partition coefficient (Wildman–Crippen LogP) is 8.14. The minimum absolute atomic E-state index is 0.789. The van der Waals surface area contributed by atoms with E-state index in [1.807, 2.05) is 0 Å². The second-order valence-corrected chi connectivity index (χ2v) is 6.96. The topological polar surface area (TPSA) is 9.23 Å². The smallest absolute Gasteiger partial charge is 0.319 e. The van der Waals surface area contributed by atoms with Crippen molar-refractivity contribution in [3.8, 4) is 0 Å². The van der Waals surface area contributed by atoms with Crippen molar-refractivity contribution in [1.29, 1.82) is 0 Å². The van der Waals surface area contributed by atoms with E-state index in [4.69, 9.17) is 0 Å². The molecule has 0 atom stereocenters. The summed E-state index contributed by atoms with van der Waals surface area (Å²) in [4.78, 5) is 0. The van der Waals surface area contributed by atoms with Crippen molar-refractivity contribution in [2.75, 3.05) is 7.11 Å². The van der Waals surface area contributed by atoms with Gasteiger partial charge in [0.15, 0.2) is 0 Å². The highest BCUT2D eigenvalue weighted by atomic mass is 19.4. The van der Waals surface area contributed by atoms with E-state index in [-0.39, 0.29) is 0 Å². The molecule has 0 fully saturated rings. The first-order valence-electron chi connectivity index (χ1n) is 8.09. The third kappa shape index (κ3) is 4.22. The molecular weight excluding hydrogens is 647 g/mol. The van der Waals surface area contributed by atoms with Gasteiger partial charge in [-0.1, -0.05) is 0 Å². The number of halogens is 25. The van der Waals surface area contributed by atoms with Crippen LogP contribution in [0.2, 0.25) is 0 Å². The van der Waals surface area contributed by atoms with Crippen LogP contribution in [0.1, 0.15) is 0 Å². The fourth-order valence-corrected chi connectivity index (χ4v) is 2.07. The zero-order valence-corrected chi connectivity index (χ0v) is 16.9. The van der Waals surface area contributed by atoms with Crippen LogP contribution in [0.15, 0.2) is 0 Å². The molecule has 0 aliphatic carbocycles. The fourth-order valence-electron chi connectivity index (χ4n) is 2.07. The minimum Gasteiger partial charge on any atom is -0.319 e. The fraction of sp³-hybridized carbons (Fsp3) is 1.00. The zero-order chi connectivity index (χ0) is 32.7. The van der Waals surface area contributed by atoms with Crippen LogP contribution in [-0.4, -0.2) is 78.6 Å². The molecule has 0 aromatic carbocycles. The first-order chi connectivity index (χ1) is 16.3. The van der Waals surface area contributed by atoms with Gasteiger partial charge in [0.2, 0.25) is 0 Å². The van der Waals surface area contributed by atoms with Gasteiger partial charge in [-0.3, -0.25) is 0 Å². The van der Waals surface area contributed by atoms with Crippen LogP contribution in [0.4, 0.5) is 110 Å². The summed E-state index contributed by atoms with van der Waals surface area (Å²) in [5, 5.41) is 0. The average Bonchev–Trinajstić information content (AvgIpc) is 2.71. The van der Waals surface area contributed by atoms with Crippen LogP contribution in [0.5, 0.6) is 0 Å². The Hall–Kier alpha value is -1.79. The van der Waals surface area contributed by atoms with Crippen LogP contribution in [-0.2, 0) is 4.74 Å². The summed E-state index contributed by atoms with van der Waals surface area (Å²) in [6.45, 7) is 0. The van der Waals surface area contributed by atoms with Gasteiger partial charge in [0, 0.05) is 7.11 Å². The van der Waals surface area contributed by atoms with E-state index in [2.05, 4.69) is 4.74 Å². The minimum atomic E-state index is -9.59. The molecule has 0 amide bonds. The molecule has 1 nitrogen and oxygen atoms in total. The first-order valence-corrected chi connectivity index (χ1v) is 8.09. The average molecular weight is 650 g/mol. The molecule has 0 bridgehead atoms. The molecular formula is C13H3F25O. The SMILES string of the molecule is COC(F)(F)C(F)(F)C(F)(F)C(F)(F)C(F)(F)C(F)(F)C(F)(F)C(F)(F)C(F)(F)C(F)(F)C(F)(F)C(F)(F)F. The van der Waals surface area contributed by atoms with Crippen molar-refractivity contribution >= 4 is 0 Å². The lowest BCUT2D eigenvalue weighted by Gasteiger charge is -2.45. The van der Waals surface area contributed by atoms with Crippen molar-refractivity contribution in [3.63, 3.8) is 0 Å². The Labute approximate surface area is 194 Å². The second kappa shape index (κ2) is 8.85. The van der Waals surface area contributed by atoms with E-state index in [1.54, 1.807) is 0 Å². The van der Waals surface area contributed by atoms with Gasteiger partial charge in [0.1, 0.15) is 0 Å². The molecule has 0 saturated carbocycles. The third-order valence-electron chi connectivity index (χ3n) is 4.53. The molecule has 0 unspecified atom stereocenters. The summed E-state index contributed by atoms with van der Waals surface area (Å²) in [6.07, 6.45) is -15.3. The molecule has 0 aliphatic rings. The van der Waals surface area contributed by atoms with Gasteiger partial charge >= 0.3 is 71.5 Å². The normalized spacial score (nSPS) is 17.1. The van der Waals surface area contributed by atoms with Crippen molar-refractivity contribution < 1.29 is 114 Å². The number of ether oxygens (including phenoxy) is 1. The molecule has 0 saturated heterocycles. The monoisotopic (exact) mass is 650 g/mol. The quantitative estimate of drug-likeness (QED) is 0.205. The van der Waals surface area contributed by atoms with Gasteiger partial charge in [-0.15, -0.1) is 0 Å². The Kier molecular flexibility index (Phi) is 8.45. The van der Waals surface area contributed by atoms with Gasteiger partial charge in [-0.2, -0.15) is 110 Å². The van der Waals surface area contributed by atoms with E-state index in [0.717, 1.165) is 0 Å². The van der Waals surface area contributed by atoms with Crippen molar-refractivity contribution in [2.24, 2.45) is 0 Å². The molecule has 0 N–H and O–H groups in total. The summed E-state index contributed by atoms with van der Waals surface area (Å²) >= 11 is 0. The predicted molar refractivity (Wildman–Crippen MR) is 67.5 cm³/mol. The summed E-state index contributed by atoms with van der Waals surface area (Å²) in [6, 6.07) is 0. The number of hydrogen-bond donors (Lipinski definition) is 0. The lowest BCUT2D eigenvalue weighted by molar-refractivity contribution is -0.488. The van der Waals surface area contributed by atoms with Crippen LogP contribution in [0.3, 0.4) is 0 Å². The van der Waals surface area contributed by atoms with Gasteiger partial charge < -0.3 is 4.74 Å². The van der Waals surface area contributed by atoms with Crippen molar-refractivity contribution in [1.82, 2.24) is 0 Å². The van der Waals surface area contributed by atoms with Gasteiger partial charge in [-0.05, 0) is 0 Å². The summed E-state index contributed by atoms with van der Waals surface area (Å²) in [5.41, 5.74) is 0. The molecule has 0 rings (SSSR count). The van der Waals surface area contributed by atoms with Crippen LogP contribution in [0, 0.1) is 0 Å². The lowest BCUT2D eigenvalue weighted by Crippen LogP contribution is -2.78. The summed E-state index contributed by atoms with van der Waals surface area (Å²) in [5.74, 6) is -91.5. The van der Waals surface area contributed by atoms with E-state index in [9.17, 15) is 110 Å². The highest BCUT2D eigenvalue weighted by molar-refractivity contribution is 5.19. The molecule has 236 valence electrons. The highest BCUT2D eigenvalue weighted by Crippen LogP contribution is 2.67.